The van der Waals surface area contributed by atoms with E-state index in [9.17, 15) is 22.2 Å². The number of nitrogens with zero attached hydrogens (tertiary/aromatic N) is 3. The molecule has 4 aromatic rings. The summed E-state index contributed by atoms with van der Waals surface area (Å²) in [4.78, 5) is 21.7. The van der Waals surface area contributed by atoms with Gasteiger partial charge in [-0.3, -0.25) is 14.7 Å². The van der Waals surface area contributed by atoms with Crippen molar-refractivity contribution in [3.8, 4) is 0 Å². The van der Waals surface area contributed by atoms with Crippen LogP contribution in [0, 0.1) is 5.82 Å². The zero-order valence-corrected chi connectivity index (χ0v) is 22.1. The summed E-state index contributed by atoms with van der Waals surface area (Å²) in [5, 5.41) is 0.782. The number of piperazine rings is 1. The van der Waals surface area contributed by atoms with Crippen LogP contribution in [0.5, 0.6) is 0 Å². The minimum Gasteiger partial charge on any atom is -0.336 e. The lowest BCUT2D eigenvalue weighted by atomic mass is 10.0. The van der Waals surface area contributed by atoms with Crippen LogP contribution in [-0.2, 0) is 23.5 Å². The lowest BCUT2D eigenvalue weighted by Gasteiger charge is -2.35. The van der Waals surface area contributed by atoms with E-state index in [4.69, 9.17) is 0 Å². The number of halogens is 3. The van der Waals surface area contributed by atoms with Crippen molar-refractivity contribution in [3.63, 3.8) is 0 Å². The molecule has 0 spiro atoms. The van der Waals surface area contributed by atoms with Crippen LogP contribution < -0.4 is 4.72 Å². The highest BCUT2D eigenvalue weighted by molar-refractivity contribution is 7.86. The first-order chi connectivity index (χ1) is 18.7. The molecule has 0 saturated carbocycles. The number of para-hydroxylation sites is 1. The monoisotopic (exact) mass is 552 g/mol. The number of amides is 1. The van der Waals surface area contributed by atoms with Crippen molar-refractivity contribution in [2.75, 3.05) is 30.9 Å². The Morgan fingerprint density at radius 3 is 2.44 bits per heavy atom. The van der Waals surface area contributed by atoms with Crippen LogP contribution in [0.25, 0.3) is 10.9 Å². The fourth-order valence-corrected chi connectivity index (χ4v) is 5.69. The van der Waals surface area contributed by atoms with E-state index in [1.165, 1.54) is 30.3 Å². The highest BCUT2D eigenvalue weighted by atomic mass is 32.2. The van der Waals surface area contributed by atoms with Gasteiger partial charge in [-0.25, -0.2) is 17.4 Å². The number of aromatic nitrogens is 1. The van der Waals surface area contributed by atoms with Gasteiger partial charge in [0.25, 0.3) is 11.8 Å². The van der Waals surface area contributed by atoms with Gasteiger partial charge in [0, 0.05) is 62.4 Å². The molecule has 1 aromatic heterocycles. The van der Waals surface area contributed by atoms with E-state index in [0.29, 0.717) is 43.1 Å². The number of hydrogen-bond donors (Lipinski definition) is 1. The molecule has 3 aromatic carbocycles. The summed E-state index contributed by atoms with van der Waals surface area (Å²) < 4.78 is 58.4. The number of benzene rings is 3. The highest BCUT2D eigenvalue weighted by Gasteiger charge is 2.31. The van der Waals surface area contributed by atoms with E-state index in [1.54, 1.807) is 41.4 Å². The van der Waals surface area contributed by atoms with Crippen LogP contribution in [0.2, 0.25) is 0 Å². The van der Waals surface area contributed by atoms with Crippen molar-refractivity contribution >= 4 is 33.5 Å². The molecule has 1 amide bonds. The topological polar surface area (TPSA) is 65.5 Å². The summed E-state index contributed by atoms with van der Waals surface area (Å²) in [5.41, 5.74) is 1.20. The zero-order valence-electron chi connectivity index (χ0n) is 21.2. The number of nitrogens with one attached hydrogen (secondary N) is 1. The van der Waals surface area contributed by atoms with Gasteiger partial charge in [0.05, 0.1) is 16.1 Å². The molecule has 202 valence electrons. The lowest BCUT2D eigenvalue weighted by Crippen LogP contribution is -2.48. The molecule has 10 heteroatoms. The Morgan fingerprint density at radius 1 is 1.00 bits per heavy atom. The number of anilines is 1. The molecule has 1 unspecified atom stereocenters. The van der Waals surface area contributed by atoms with Crippen LogP contribution in [-0.4, -0.2) is 51.1 Å². The summed E-state index contributed by atoms with van der Waals surface area (Å²) in [6.07, 6.45) is 1.58. The second-order valence-electron chi connectivity index (χ2n) is 9.55. The number of fused-ring (bicyclic) bond motifs is 1. The van der Waals surface area contributed by atoms with Gasteiger partial charge in [0.1, 0.15) is 5.82 Å². The quantitative estimate of drug-likeness (QED) is 0.325. The normalized spacial score (nSPS) is 15.3. The van der Waals surface area contributed by atoms with Crippen LogP contribution in [0.3, 0.4) is 0 Å². The van der Waals surface area contributed by atoms with Gasteiger partial charge in [-0.05, 0) is 48.0 Å². The first-order valence-electron chi connectivity index (χ1n) is 12.5. The van der Waals surface area contributed by atoms with E-state index in [2.05, 4.69) is 14.6 Å². The SMILES string of the molecule is CC(F)(F)c1cc(C(=O)N2CCN(Cc3ccc(F)cc3)CC2)ccc1NS(=O)c1cccc2cccnc12. The number of carbonyl (C=O) groups excluding carboxylic acids is 1. The van der Waals surface area contributed by atoms with Crippen molar-refractivity contribution in [1.82, 2.24) is 14.8 Å². The third kappa shape index (κ3) is 6.12. The molecule has 1 saturated heterocycles. The molecule has 1 atom stereocenters. The van der Waals surface area contributed by atoms with Crippen molar-refractivity contribution in [2.45, 2.75) is 24.3 Å². The van der Waals surface area contributed by atoms with Crippen LogP contribution in [0.1, 0.15) is 28.4 Å². The van der Waals surface area contributed by atoms with Gasteiger partial charge in [-0.2, -0.15) is 0 Å². The average Bonchev–Trinajstić information content (AvgIpc) is 2.93. The van der Waals surface area contributed by atoms with E-state index in [-0.39, 0.29) is 23.0 Å². The van der Waals surface area contributed by atoms with E-state index in [0.717, 1.165) is 17.9 Å². The Hall–Kier alpha value is -3.76. The second kappa shape index (κ2) is 11.2. The third-order valence-corrected chi connectivity index (χ3v) is 7.85. The summed E-state index contributed by atoms with van der Waals surface area (Å²) >= 11 is 0. The fourth-order valence-electron chi connectivity index (χ4n) is 4.65. The standard InChI is InChI=1S/C29H27F3N4O2S/c1-29(31,32)24-18-22(28(37)36-16-14-35(15-17-36)19-20-7-10-23(30)11-8-20)9-12-25(24)34-39(38)26-6-2-4-21-5-3-13-33-27(21)26/h2-13,18,34H,14-17,19H2,1H3. The van der Waals surface area contributed by atoms with E-state index < -0.39 is 22.5 Å². The lowest BCUT2D eigenvalue weighted by molar-refractivity contribution is 0.0182. The van der Waals surface area contributed by atoms with Gasteiger partial charge in [-0.1, -0.05) is 30.3 Å². The molecule has 1 fully saturated rings. The molecule has 0 bridgehead atoms. The van der Waals surface area contributed by atoms with Gasteiger partial charge >= 0.3 is 0 Å². The van der Waals surface area contributed by atoms with Crippen LogP contribution in [0.4, 0.5) is 18.9 Å². The number of alkyl halides is 2. The highest BCUT2D eigenvalue weighted by Crippen LogP contribution is 2.35. The smallest absolute Gasteiger partial charge is 0.272 e. The van der Waals surface area contributed by atoms with E-state index >= 15 is 0 Å². The molecule has 2 heterocycles. The summed E-state index contributed by atoms with van der Waals surface area (Å²) in [6, 6.07) is 19.1. The molecule has 1 aliphatic heterocycles. The summed E-state index contributed by atoms with van der Waals surface area (Å²) in [7, 11) is -1.87. The predicted molar refractivity (Wildman–Crippen MR) is 145 cm³/mol. The largest absolute Gasteiger partial charge is 0.336 e. The number of pyridine rings is 1. The summed E-state index contributed by atoms with van der Waals surface area (Å²) in [5.74, 6) is -3.91. The third-order valence-electron chi connectivity index (χ3n) is 6.72. The first kappa shape index (κ1) is 26.8. The fraction of sp³-hybridized carbons (Fsp3) is 0.241. The van der Waals surface area contributed by atoms with Crippen molar-refractivity contribution < 1.29 is 22.2 Å². The second-order valence-corrected chi connectivity index (χ2v) is 10.7. The van der Waals surface area contributed by atoms with Gasteiger partial charge in [0.2, 0.25) is 0 Å². The molecular weight excluding hydrogens is 525 g/mol. The van der Waals surface area contributed by atoms with Gasteiger partial charge in [0.15, 0.2) is 11.0 Å². The van der Waals surface area contributed by atoms with Gasteiger partial charge < -0.3 is 9.62 Å². The molecular formula is C29H27F3N4O2S. The first-order valence-corrected chi connectivity index (χ1v) is 13.6. The maximum absolute atomic E-state index is 14.7. The molecule has 1 N–H and O–H groups in total. The number of hydrogen-bond acceptors (Lipinski definition) is 4. The van der Waals surface area contributed by atoms with Crippen molar-refractivity contribution in [2.24, 2.45) is 0 Å². The zero-order chi connectivity index (χ0) is 27.6. The average molecular weight is 553 g/mol. The van der Waals surface area contributed by atoms with Crippen LogP contribution in [0.15, 0.2) is 83.9 Å². The van der Waals surface area contributed by atoms with E-state index in [1.807, 2.05) is 12.1 Å². The van der Waals surface area contributed by atoms with Crippen LogP contribution >= 0.6 is 0 Å². The van der Waals surface area contributed by atoms with Crippen molar-refractivity contribution in [1.29, 1.82) is 0 Å². The summed E-state index contributed by atoms with van der Waals surface area (Å²) in [6.45, 7) is 3.48. The predicted octanol–water partition coefficient (Wildman–Crippen LogP) is 5.58. The Labute approximate surface area is 227 Å². The van der Waals surface area contributed by atoms with Gasteiger partial charge in [-0.15, -0.1) is 0 Å². The molecule has 1 aliphatic rings. The molecule has 0 aliphatic carbocycles. The minimum absolute atomic E-state index is 0.0190. The molecule has 6 nitrogen and oxygen atoms in total. The molecule has 5 rings (SSSR count). The Balaban J connectivity index is 1.30. The molecule has 39 heavy (non-hydrogen) atoms. The molecule has 0 radical (unpaired) electrons. The number of carbonyl (C=O) groups is 1. The van der Waals surface area contributed by atoms with Crippen molar-refractivity contribution in [3.05, 3.63) is 102 Å². The minimum atomic E-state index is -3.28. The maximum Gasteiger partial charge on any atom is 0.272 e. The maximum atomic E-state index is 14.7. The number of rotatable bonds is 7. The Morgan fingerprint density at radius 2 is 1.72 bits per heavy atom. The Kier molecular flexibility index (Phi) is 7.67. The Bertz CT molecular complexity index is 1510.